The molecule has 0 saturated heterocycles. The van der Waals surface area contributed by atoms with Gasteiger partial charge in [0.1, 0.15) is 0 Å². The minimum Gasteiger partial charge on any atom is -0.393 e. The standard InChI is InChI=1S/C13H20ClNOS/c1-15(9-11-6-7-13(14)17-11)8-10-4-2-3-5-12(10)16/h6-7,10,12,16H,2-5,8-9H2,1H3. The molecule has 1 aromatic rings. The molecule has 1 N–H and O–H groups in total. The van der Waals surface area contributed by atoms with Crippen LogP contribution in [0.3, 0.4) is 0 Å². The lowest BCUT2D eigenvalue weighted by atomic mass is 9.86. The van der Waals surface area contributed by atoms with Gasteiger partial charge in [0.2, 0.25) is 0 Å². The van der Waals surface area contributed by atoms with E-state index in [1.54, 1.807) is 11.3 Å². The average molecular weight is 274 g/mol. The maximum atomic E-state index is 9.94. The van der Waals surface area contributed by atoms with Gasteiger partial charge < -0.3 is 10.0 Å². The maximum Gasteiger partial charge on any atom is 0.0931 e. The summed E-state index contributed by atoms with van der Waals surface area (Å²) < 4.78 is 0.853. The van der Waals surface area contributed by atoms with E-state index in [4.69, 9.17) is 11.6 Å². The summed E-state index contributed by atoms with van der Waals surface area (Å²) in [5.41, 5.74) is 0. The van der Waals surface area contributed by atoms with E-state index in [1.165, 1.54) is 17.7 Å². The van der Waals surface area contributed by atoms with Crippen LogP contribution in [0.2, 0.25) is 4.34 Å². The van der Waals surface area contributed by atoms with Crippen molar-refractivity contribution in [3.63, 3.8) is 0 Å². The van der Waals surface area contributed by atoms with Crippen LogP contribution in [0.25, 0.3) is 0 Å². The SMILES string of the molecule is CN(Cc1ccc(Cl)s1)CC1CCCCC1O. The number of aliphatic hydroxyl groups excluding tert-OH is 1. The molecular formula is C13H20ClNOS. The van der Waals surface area contributed by atoms with E-state index in [1.807, 2.05) is 6.07 Å². The van der Waals surface area contributed by atoms with Gasteiger partial charge in [-0.3, -0.25) is 0 Å². The second-order valence-corrected chi connectivity index (χ2v) is 6.81. The largest absolute Gasteiger partial charge is 0.393 e. The summed E-state index contributed by atoms with van der Waals surface area (Å²) in [5, 5.41) is 9.94. The molecular weight excluding hydrogens is 254 g/mol. The minimum absolute atomic E-state index is 0.0990. The molecule has 1 heterocycles. The van der Waals surface area contributed by atoms with Crippen LogP contribution in [0.5, 0.6) is 0 Å². The summed E-state index contributed by atoms with van der Waals surface area (Å²) in [5.74, 6) is 0.448. The van der Waals surface area contributed by atoms with Gasteiger partial charge in [-0.1, -0.05) is 24.4 Å². The van der Waals surface area contributed by atoms with Crippen LogP contribution in [0.4, 0.5) is 0 Å². The third-order valence-corrected chi connectivity index (χ3v) is 4.69. The molecule has 2 rings (SSSR count). The van der Waals surface area contributed by atoms with Gasteiger partial charge in [0, 0.05) is 18.0 Å². The van der Waals surface area contributed by atoms with E-state index in [0.29, 0.717) is 5.92 Å². The summed E-state index contributed by atoms with van der Waals surface area (Å²) in [7, 11) is 2.12. The zero-order chi connectivity index (χ0) is 12.3. The first-order valence-corrected chi connectivity index (χ1v) is 7.45. The van der Waals surface area contributed by atoms with E-state index >= 15 is 0 Å². The van der Waals surface area contributed by atoms with Crippen LogP contribution in [-0.4, -0.2) is 29.7 Å². The molecule has 1 saturated carbocycles. The van der Waals surface area contributed by atoms with Crippen LogP contribution in [0.15, 0.2) is 12.1 Å². The molecule has 0 bridgehead atoms. The minimum atomic E-state index is -0.0990. The Labute approximate surface area is 112 Å². The van der Waals surface area contributed by atoms with Crippen LogP contribution >= 0.6 is 22.9 Å². The number of halogens is 1. The van der Waals surface area contributed by atoms with Crippen LogP contribution in [0, 0.1) is 5.92 Å². The van der Waals surface area contributed by atoms with Crippen LogP contribution < -0.4 is 0 Å². The van der Waals surface area contributed by atoms with E-state index < -0.39 is 0 Å². The number of thiophene rings is 1. The van der Waals surface area contributed by atoms with E-state index in [9.17, 15) is 5.11 Å². The van der Waals surface area contributed by atoms with E-state index in [-0.39, 0.29) is 6.10 Å². The van der Waals surface area contributed by atoms with Gasteiger partial charge in [-0.2, -0.15) is 0 Å². The van der Waals surface area contributed by atoms with Crippen LogP contribution in [-0.2, 0) is 6.54 Å². The Morgan fingerprint density at radius 2 is 2.18 bits per heavy atom. The molecule has 1 fully saturated rings. The van der Waals surface area contributed by atoms with Gasteiger partial charge >= 0.3 is 0 Å². The maximum absolute atomic E-state index is 9.94. The lowest BCUT2D eigenvalue weighted by Gasteiger charge is -2.31. The number of hydrogen-bond donors (Lipinski definition) is 1. The van der Waals surface area contributed by atoms with Crippen molar-refractivity contribution < 1.29 is 5.11 Å². The molecule has 2 unspecified atom stereocenters. The highest BCUT2D eigenvalue weighted by Crippen LogP contribution is 2.26. The molecule has 0 radical (unpaired) electrons. The predicted octanol–water partition coefficient (Wildman–Crippen LogP) is 3.38. The summed E-state index contributed by atoms with van der Waals surface area (Å²) in [6.45, 7) is 1.91. The second kappa shape index (κ2) is 6.19. The zero-order valence-electron chi connectivity index (χ0n) is 10.2. The Kier molecular flexibility index (Phi) is 4.86. The summed E-state index contributed by atoms with van der Waals surface area (Å²) >= 11 is 7.56. The highest BCUT2D eigenvalue weighted by atomic mass is 35.5. The van der Waals surface area contributed by atoms with Gasteiger partial charge in [0.05, 0.1) is 10.4 Å². The molecule has 4 heteroatoms. The molecule has 0 amide bonds. The molecule has 0 spiro atoms. The number of aliphatic hydroxyl groups is 1. The molecule has 0 aromatic carbocycles. The van der Waals surface area contributed by atoms with Gasteiger partial charge in [-0.15, -0.1) is 11.3 Å². The molecule has 2 atom stereocenters. The van der Waals surface area contributed by atoms with Gasteiger partial charge in [-0.25, -0.2) is 0 Å². The third kappa shape index (κ3) is 3.95. The fourth-order valence-electron chi connectivity index (χ4n) is 2.57. The number of hydrogen-bond acceptors (Lipinski definition) is 3. The van der Waals surface area contributed by atoms with Crippen molar-refractivity contribution >= 4 is 22.9 Å². The van der Waals surface area contributed by atoms with Crippen molar-refractivity contribution in [2.24, 2.45) is 5.92 Å². The Balaban J connectivity index is 1.82. The lowest BCUT2D eigenvalue weighted by Crippen LogP contribution is -2.34. The highest BCUT2D eigenvalue weighted by molar-refractivity contribution is 7.16. The monoisotopic (exact) mass is 273 g/mol. The number of nitrogens with zero attached hydrogens (tertiary/aromatic N) is 1. The van der Waals surface area contributed by atoms with Crippen molar-refractivity contribution in [2.75, 3.05) is 13.6 Å². The fourth-order valence-corrected chi connectivity index (χ4v) is 3.74. The van der Waals surface area contributed by atoms with E-state index in [2.05, 4.69) is 18.0 Å². The van der Waals surface area contributed by atoms with Crippen molar-refractivity contribution in [1.82, 2.24) is 4.90 Å². The normalized spacial score (nSPS) is 25.4. The van der Waals surface area contributed by atoms with Gasteiger partial charge in [-0.05, 0) is 37.9 Å². The molecule has 1 aliphatic carbocycles. The summed E-state index contributed by atoms with van der Waals surface area (Å²) in [6, 6.07) is 4.03. The van der Waals surface area contributed by atoms with Gasteiger partial charge in [0.25, 0.3) is 0 Å². The molecule has 1 aromatic heterocycles. The summed E-state index contributed by atoms with van der Waals surface area (Å²) in [6.07, 6.45) is 4.49. The van der Waals surface area contributed by atoms with Crippen molar-refractivity contribution in [1.29, 1.82) is 0 Å². The fraction of sp³-hybridized carbons (Fsp3) is 0.692. The number of rotatable bonds is 4. The average Bonchev–Trinajstić information content (AvgIpc) is 2.67. The first kappa shape index (κ1) is 13.3. The van der Waals surface area contributed by atoms with Crippen LogP contribution in [0.1, 0.15) is 30.6 Å². The highest BCUT2D eigenvalue weighted by Gasteiger charge is 2.24. The van der Waals surface area contributed by atoms with E-state index in [0.717, 1.165) is 30.3 Å². The topological polar surface area (TPSA) is 23.5 Å². The first-order chi connectivity index (χ1) is 8.15. The van der Waals surface area contributed by atoms with Crippen molar-refractivity contribution in [2.45, 2.75) is 38.3 Å². The van der Waals surface area contributed by atoms with Gasteiger partial charge in [0.15, 0.2) is 0 Å². The van der Waals surface area contributed by atoms with Crippen molar-refractivity contribution in [3.05, 3.63) is 21.3 Å². The quantitative estimate of drug-likeness (QED) is 0.909. The molecule has 96 valence electrons. The molecule has 0 aliphatic heterocycles. The second-order valence-electron chi connectivity index (χ2n) is 5.01. The Morgan fingerprint density at radius 1 is 1.41 bits per heavy atom. The Morgan fingerprint density at radius 3 is 2.82 bits per heavy atom. The Hall–Kier alpha value is -0.0900. The molecule has 2 nitrogen and oxygen atoms in total. The third-order valence-electron chi connectivity index (χ3n) is 3.47. The molecule has 1 aliphatic rings. The Bertz CT molecular complexity index is 355. The first-order valence-electron chi connectivity index (χ1n) is 6.26. The summed E-state index contributed by atoms with van der Waals surface area (Å²) in [4.78, 5) is 3.59. The predicted molar refractivity (Wildman–Crippen MR) is 73.6 cm³/mol. The van der Waals surface area contributed by atoms with Crippen molar-refractivity contribution in [3.8, 4) is 0 Å². The zero-order valence-corrected chi connectivity index (χ0v) is 11.8. The smallest absolute Gasteiger partial charge is 0.0931 e. The molecule has 17 heavy (non-hydrogen) atoms. The lowest BCUT2D eigenvalue weighted by molar-refractivity contribution is 0.0503.